The second kappa shape index (κ2) is 9.12. The van der Waals surface area contributed by atoms with Crippen molar-refractivity contribution in [3.8, 4) is 0 Å². The van der Waals surface area contributed by atoms with Crippen LogP contribution in [0.1, 0.15) is 76.3 Å². The molecule has 2 aromatic heterocycles. The third-order valence-electron chi connectivity index (χ3n) is 5.67. The van der Waals surface area contributed by atoms with Crippen molar-refractivity contribution in [2.75, 3.05) is 13.1 Å². The predicted octanol–water partition coefficient (Wildman–Crippen LogP) is 4.23. The number of nitrogens with zero attached hydrogens (tertiary/aromatic N) is 3. The number of aromatic nitrogens is 1. The maximum atomic E-state index is 13.1. The van der Waals surface area contributed by atoms with Gasteiger partial charge in [-0.05, 0) is 54.6 Å². The summed E-state index contributed by atoms with van der Waals surface area (Å²) in [5, 5.41) is 4.38. The molecule has 0 aromatic carbocycles. The van der Waals surface area contributed by atoms with Crippen molar-refractivity contribution in [1.29, 1.82) is 0 Å². The number of aryl methyl sites for hydroxylation is 1. The highest BCUT2D eigenvalue weighted by Gasteiger charge is 2.30. The molecule has 2 aromatic rings. The molecule has 0 saturated carbocycles. The van der Waals surface area contributed by atoms with Crippen LogP contribution < -0.4 is 5.43 Å². The van der Waals surface area contributed by atoms with Crippen LogP contribution in [0.3, 0.4) is 0 Å². The number of carbonyl (C=O) groups excluding carboxylic acids is 2. The molecule has 0 bridgehead atoms. The molecule has 1 saturated heterocycles. The fourth-order valence-electron chi connectivity index (χ4n) is 4.12. The molecule has 0 radical (unpaired) electrons. The van der Waals surface area contributed by atoms with E-state index in [0.29, 0.717) is 11.3 Å². The van der Waals surface area contributed by atoms with Crippen LogP contribution in [0.2, 0.25) is 0 Å². The Kier molecular flexibility index (Phi) is 6.32. The van der Waals surface area contributed by atoms with Gasteiger partial charge in [-0.3, -0.25) is 14.6 Å². The number of hydrogen-bond acceptors (Lipinski definition) is 5. The number of halogens is 1. The largest absolute Gasteiger partial charge is 0.455 e. The first-order valence-corrected chi connectivity index (χ1v) is 11.2. The van der Waals surface area contributed by atoms with Crippen LogP contribution in [0, 0.1) is 6.92 Å². The van der Waals surface area contributed by atoms with Crippen LogP contribution in [0.5, 0.6) is 0 Å². The number of furan rings is 1. The molecule has 4 rings (SSSR count). The van der Waals surface area contributed by atoms with Gasteiger partial charge in [0.05, 0.1) is 11.3 Å². The lowest BCUT2D eigenvalue weighted by atomic mass is 9.93. The highest BCUT2D eigenvalue weighted by atomic mass is 79.9. The molecule has 8 heteroatoms. The Balaban J connectivity index is 1.57. The van der Waals surface area contributed by atoms with E-state index in [2.05, 4.69) is 31.4 Å². The van der Waals surface area contributed by atoms with Gasteiger partial charge >= 0.3 is 0 Å². The average Bonchev–Trinajstić information content (AvgIpc) is 2.92. The fraction of sp³-hybridized carbons (Fsp3) is 0.455. The van der Waals surface area contributed by atoms with Crippen molar-refractivity contribution in [2.24, 2.45) is 5.10 Å². The van der Waals surface area contributed by atoms with Crippen molar-refractivity contribution in [3.05, 3.63) is 51.1 Å². The van der Waals surface area contributed by atoms with Gasteiger partial charge in [0, 0.05) is 47.5 Å². The van der Waals surface area contributed by atoms with E-state index < -0.39 is 0 Å². The topological polar surface area (TPSA) is 87.8 Å². The Morgan fingerprint density at radius 1 is 1.13 bits per heavy atom. The summed E-state index contributed by atoms with van der Waals surface area (Å²) in [5.74, 6) is 0.839. The number of pyridine rings is 1. The molecule has 1 N–H and O–H groups in total. The number of likely N-dealkylation sites (tertiary alicyclic amines) is 1. The molecule has 3 heterocycles. The molecule has 1 aliphatic heterocycles. The Bertz CT molecular complexity index is 990. The van der Waals surface area contributed by atoms with Gasteiger partial charge in [-0.25, -0.2) is 5.43 Å². The third kappa shape index (κ3) is 4.33. The minimum Gasteiger partial charge on any atom is -0.455 e. The van der Waals surface area contributed by atoms with Gasteiger partial charge in [0.25, 0.3) is 11.8 Å². The number of nitrogens with one attached hydrogen (secondary N) is 1. The van der Waals surface area contributed by atoms with E-state index in [9.17, 15) is 9.59 Å². The minimum atomic E-state index is -0.328. The molecule has 2 amide bonds. The smallest absolute Gasteiger partial charge is 0.289 e. The summed E-state index contributed by atoms with van der Waals surface area (Å²) < 4.78 is 6.76. The molecule has 2 aliphatic rings. The zero-order chi connectivity index (χ0) is 21.1. The standard InChI is InChI=1S/C22H25BrN4O3/c1-14-19-17(25-26-21(28)15-11-16(23)13-24-12-15)7-6-8-18(19)30-20(14)22(29)27-9-4-2-3-5-10-27/h11-13H,2-10H2,1H3,(H,26,28)/b25-17+. The molecule has 30 heavy (non-hydrogen) atoms. The van der Waals surface area contributed by atoms with Crippen molar-refractivity contribution < 1.29 is 14.0 Å². The molecule has 1 aliphatic carbocycles. The zero-order valence-corrected chi connectivity index (χ0v) is 18.6. The van der Waals surface area contributed by atoms with Crippen molar-refractivity contribution in [1.82, 2.24) is 15.3 Å². The van der Waals surface area contributed by atoms with E-state index in [4.69, 9.17) is 4.42 Å². The summed E-state index contributed by atoms with van der Waals surface area (Å²) in [6, 6.07) is 1.69. The van der Waals surface area contributed by atoms with Gasteiger partial charge in [0.1, 0.15) is 5.76 Å². The van der Waals surface area contributed by atoms with Gasteiger partial charge in [0.15, 0.2) is 5.76 Å². The maximum absolute atomic E-state index is 13.1. The Labute approximate surface area is 184 Å². The van der Waals surface area contributed by atoms with E-state index in [1.54, 1.807) is 12.3 Å². The van der Waals surface area contributed by atoms with Crippen LogP contribution in [-0.2, 0) is 6.42 Å². The molecular formula is C22H25BrN4O3. The van der Waals surface area contributed by atoms with Gasteiger partial charge in [0.2, 0.25) is 0 Å². The minimum absolute atomic E-state index is 0.0348. The lowest BCUT2D eigenvalue weighted by Crippen LogP contribution is -2.32. The zero-order valence-electron chi connectivity index (χ0n) is 17.0. The summed E-state index contributed by atoms with van der Waals surface area (Å²) in [6.45, 7) is 3.47. The molecule has 1 fully saturated rings. The Hall–Kier alpha value is -2.48. The molecule has 0 unspecified atom stereocenters. The van der Waals surface area contributed by atoms with Crippen molar-refractivity contribution in [2.45, 2.75) is 51.9 Å². The molecule has 0 atom stereocenters. The first-order chi connectivity index (χ1) is 14.5. The van der Waals surface area contributed by atoms with Crippen LogP contribution in [0.25, 0.3) is 0 Å². The molecular weight excluding hydrogens is 448 g/mol. The van der Waals surface area contributed by atoms with Crippen molar-refractivity contribution in [3.63, 3.8) is 0 Å². The van der Waals surface area contributed by atoms with Crippen LogP contribution >= 0.6 is 15.9 Å². The molecule has 158 valence electrons. The van der Waals surface area contributed by atoms with E-state index in [-0.39, 0.29) is 11.8 Å². The van der Waals surface area contributed by atoms with E-state index >= 15 is 0 Å². The summed E-state index contributed by atoms with van der Waals surface area (Å²) in [7, 11) is 0. The summed E-state index contributed by atoms with van der Waals surface area (Å²) in [6.07, 6.45) is 9.88. The lowest BCUT2D eigenvalue weighted by Gasteiger charge is -2.19. The second-order valence-corrected chi connectivity index (χ2v) is 8.72. The Morgan fingerprint density at radius 2 is 1.90 bits per heavy atom. The number of amides is 2. The summed E-state index contributed by atoms with van der Waals surface area (Å²) in [4.78, 5) is 31.4. The lowest BCUT2D eigenvalue weighted by molar-refractivity contribution is 0.0726. The van der Waals surface area contributed by atoms with Crippen molar-refractivity contribution >= 4 is 33.5 Å². The average molecular weight is 473 g/mol. The summed E-state index contributed by atoms with van der Waals surface area (Å²) >= 11 is 3.32. The van der Waals surface area contributed by atoms with Gasteiger partial charge < -0.3 is 9.32 Å². The Morgan fingerprint density at radius 3 is 2.63 bits per heavy atom. The summed E-state index contributed by atoms with van der Waals surface area (Å²) in [5.41, 5.74) is 5.48. The maximum Gasteiger partial charge on any atom is 0.289 e. The van der Waals surface area contributed by atoms with Crippen LogP contribution in [-0.4, -0.2) is 40.5 Å². The van der Waals surface area contributed by atoms with Gasteiger partial charge in [-0.15, -0.1) is 0 Å². The van der Waals surface area contributed by atoms with Crippen LogP contribution in [0.15, 0.2) is 32.5 Å². The number of fused-ring (bicyclic) bond motifs is 1. The third-order valence-corrected chi connectivity index (χ3v) is 6.11. The monoisotopic (exact) mass is 472 g/mol. The van der Waals surface area contributed by atoms with E-state index in [1.807, 2.05) is 11.8 Å². The highest BCUT2D eigenvalue weighted by Crippen LogP contribution is 2.31. The number of hydrazone groups is 1. The van der Waals surface area contributed by atoms with E-state index in [0.717, 1.165) is 72.3 Å². The van der Waals surface area contributed by atoms with Crippen LogP contribution in [0.4, 0.5) is 0 Å². The molecule has 7 nitrogen and oxygen atoms in total. The number of carbonyl (C=O) groups is 2. The SMILES string of the molecule is Cc1c(C(=O)N2CCCCCC2)oc2c1/C(=N/NC(=O)c1cncc(Br)c1)CCC2. The normalized spacial score (nSPS) is 18.1. The number of rotatable bonds is 3. The van der Waals surface area contributed by atoms with E-state index in [1.165, 1.54) is 19.0 Å². The first-order valence-electron chi connectivity index (χ1n) is 10.4. The number of hydrogen-bond donors (Lipinski definition) is 1. The van der Waals surface area contributed by atoms with Gasteiger partial charge in [-0.1, -0.05) is 12.8 Å². The predicted molar refractivity (Wildman–Crippen MR) is 117 cm³/mol. The quantitative estimate of drug-likeness (QED) is 0.676. The van der Waals surface area contributed by atoms with Gasteiger partial charge in [-0.2, -0.15) is 5.10 Å². The highest BCUT2D eigenvalue weighted by molar-refractivity contribution is 9.10. The molecule has 0 spiro atoms. The first kappa shape index (κ1) is 20.8. The fourth-order valence-corrected chi connectivity index (χ4v) is 4.49. The second-order valence-electron chi connectivity index (χ2n) is 7.81.